The third-order valence-corrected chi connectivity index (χ3v) is 3.57. The number of nitrogen functional groups attached to an aromatic ring is 2. The topological polar surface area (TPSA) is 52.0 Å². The molecule has 0 fully saturated rings. The average Bonchev–Trinajstić information content (AvgIpc) is 2.33. The maximum atomic E-state index is 6.19. The van der Waals surface area contributed by atoms with E-state index in [-0.39, 0.29) is 0 Å². The van der Waals surface area contributed by atoms with Gasteiger partial charge in [-0.05, 0) is 17.9 Å². The summed E-state index contributed by atoms with van der Waals surface area (Å²) in [6.07, 6.45) is 0. The monoisotopic (exact) mass is 244 g/mol. The van der Waals surface area contributed by atoms with Gasteiger partial charge in [-0.1, -0.05) is 37.3 Å². The molecule has 2 aromatic rings. The van der Waals surface area contributed by atoms with Crippen molar-refractivity contribution in [1.29, 1.82) is 0 Å². The second kappa shape index (κ2) is 5.15. The second-order valence-electron chi connectivity index (χ2n) is 3.74. The summed E-state index contributed by atoms with van der Waals surface area (Å²) in [4.78, 5) is 1.12. The lowest BCUT2D eigenvalue weighted by Crippen LogP contribution is -1.96. The summed E-state index contributed by atoms with van der Waals surface area (Å²) >= 11 is 1.75. The van der Waals surface area contributed by atoms with Crippen LogP contribution < -0.4 is 11.5 Å². The third-order valence-electron chi connectivity index (χ3n) is 2.62. The van der Waals surface area contributed by atoms with Crippen LogP contribution in [0.4, 0.5) is 11.4 Å². The molecule has 0 heterocycles. The average molecular weight is 244 g/mol. The Bertz CT molecular complexity index is 523. The number of anilines is 2. The molecule has 0 radical (unpaired) electrons. The van der Waals surface area contributed by atoms with Gasteiger partial charge in [0.25, 0.3) is 0 Å². The van der Waals surface area contributed by atoms with Crippen LogP contribution in [0.15, 0.2) is 47.4 Å². The molecule has 4 N–H and O–H groups in total. The number of thioether (sulfide) groups is 1. The second-order valence-corrected chi connectivity index (χ2v) is 5.04. The zero-order valence-corrected chi connectivity index (χ0v) is 10.6. The van der Waals surface area contributed by atoms with Crippen molar-refractivity contribution in [3.63, 3.8) is 0 Å². The van der Waals surface area contributed by atoms with Crippen LogP contribution in [-0.4, -0.2) is 5.75 Å². The maximum absolute atomic E-state index is 6.19. The summed E-state index contributed by atoms with van der Waals surface area (Å²) in [6.45, 7) is 2.12. The largest absolute Gasteiger partial charge is 0.398 e. The highest BCUT2D eigenvalue weighted by Crippen LogP contribution is 2.36. The van der Waals surface area contributed by atoms with Crippen LogP contribution in [0.5, 0.6) is 0 Å². The summed E-state index contributed by atoms with van der Waals surface area (Å²) in [6, 6.07) is 13.9. The first kappa shape index (κ1) is 11.9. The van der Waals surface area contributed by atoms with Crippen LogP contribution >= 0.6 is 11.8 Å². The molecule has 2 aromatic carbocycles. The SMILES string of the molecule is CCSc1cccc(-c2ccccc2N)c1N. The summed E-state index contributed by atoms with van der Waals surface area (Å²) in [5.74, 6) is 1.01. The predicted octanol–water partition coefficient (Wildman–Crippen LogP) is 3.63. The van der Waals surface area contributed by atoms with Crippen molar-refractivity contribution in [3.8, 4) is 11.1 Å². The van der Waals surface area contributed by atoms with Gasteiger partial charge in [0.2, 0.25) is 0 Å². The van der Waals surface area contributed by atoms with E-state index in [0.717, 1.165) is 33.2 Å². The Balaban J connectivity index is 2.53. The van der Waals surface area contributed by atoms with Gasteiger partial charge < -0.3 is 11.5 Å². The summed E-state index contributed by atoms with van der Waals surface area (Å²) < 4.78 is 0. The Hall–Kier alpha value is -1.61. The molecule has 0 saturated heterocycles. The molecule has 0 unspecified atom stereocenters. The zero-order valence-electron chi connectivity index (χ0n) is 9.81. The Kier molecular flexibility index (Phi) is 3.59. The molecule has 0 atom stereocenters. The van der Waals surface area contributed by atoms with Crippen LogP contribution in [0.25, 0.3) is 11.1 Å². The normalized spacial score (nSPS) is 10.4. The van der Waals surface area contributed by atoms with Crippen molar-refractivity contribution in [2.24, 2.45) is 0 Å². The van der Waals surface area contributed by atoms with Gasteiger partial charge in [0.1, 0.15) is 0 Å². The van der Waals surface area contributed by atoms with E-state index in [1.165, 1.54) is 0 Å². The number of rotatable bonds is 3. The molecule has 2 rings (SSSR count). The molecule has 0 amide bonds. The molecule has 0 aliphatic heterocycles. The molecule has 0 spiro atoms. The Morgan fingerprint density at radius 2 is 1.65 bits per heavy atom. The number of hydrogen-bond acceptors (Lipinski definition) is 3. The first-order valence-corrected chi connectivity index (χ1v) is 6.58. The quantitative estimate of drug-likeness (QED) is 0.640. The van der Waals surface area contributed by atoms with Gasteiger partial charge in [0.05, 0.1) is 5.69 Å². The van der Waals surface area contributed by atoms with Gasteiger partial charge >= 0.3 is 0 Å². The molecule has 0 aromatic heterocycles. The van der Waals surface area contributed by atoms with E-state index in [4.69, 9.17) is 11.5 Å². The van der Waals surface area contributed by atoms with E-state index in [0.29, 0.717) is 0 Å². The van der Waals surface area contributed by atoms with Gasteiger partial charge in [-0.25, -0.2) is 0 Å². The predicted molar refractivity (Wildman–Crippen MR) is 77.1 cm³/mol. The van der Waals surface area contributed by atoms with Crippen LogP contribution in [0.1, 0.15) is 6.92 Å². The van der Waals surface area contributed by atoms with Gasteiger partial charge in [-0.3, -0.25) is 0 Å². The molecule has 0 saturated carbocycles. The molecular formula is C14H16N2S. The van der Waals surface area contributed by atoms with E-state index < -0.39 is 0 Å². The van der Waals surface area contributed by atoms with E-state index in [2.05, 4.69) is 6.92 Å². The Morgan fingerprint density at radius 3 is 2.35 bits per heavy atom. The fourth-order valence-corrected chi connectivity index (χ4v) is 2.55. The minimum atomic E-state index is 0.762. The molecule has 2 nitrogen and oxygen atoms in total. The van der Waals surface area contributed by atoms with E-state index in [1.807, 2.05) is 42.5 Å². The highest BCUT2D eigenvalue weighted by molar-refractivity contribution is 7.99. The minimum Gasteiger partial charge on any atom is -0.398 e. The van der Waals surface area contributed by atoms with Crippen LogP contribution in [0.2, 0.25) is 0 Å². The third kappa shape index (κ3) is 2.39. The molecule has 17 heavy (non-hydrogen) atoms. The molecule has 0 aliphatic rings. The summed E-state index contributed by atoms with van der Waals surface area (Å²) in [7, 11) is 0. The molecule has 88 valence electrons. The van der Waals surface area contributed by atoms with Crippen molar-refractivity contribution in [3.05, 3.63) is 42.5 Å². The van der Waals surface area contributed by atoms with E-state index >= 15 is 0 Å². The van der Waals surface area contributed by atoms with Gasteiger partial charge in [0.15, 0.2) is 0 Å². The zero-order chi connectivity index (χ0) is 12.3. The van der Waals surface area contributed by atoms with Crippen molar-refractivity contribution in [2.45, 2.75) is 11.8 Å². The van der Waals surface area contributed by atoms with Crippen LogP contribution in [-0.2, 0) is 0 Å². The van der Waals surface area contributed by atoms with Crippen LogP contribution in [0, 0.1) is 0 Å². The van der Waals surface area contributed by atoms with Crippen molar-refractivity contribution in [2.75, 3.05) is 17.2 Å². The fourth-order valence-electron chi connectivity index (χ4n) is 1.80. The Morgan fingerprint density at radius 1 is 0.941 bits per heavy atom. The first-order valence-electron chi connectivity index (χ1n) is 5.60. The molecule has 0 aliphatic carbocycles. The lowest BCUT2D eigenvalue weighted by Gasteiger charge is -2.11. The van der Waals surface area contributed by atoms with E-state index in [9.17, 15) is 0 Å². The lowest BCUT2D eigenvalue weighted by atomic mass is 10.0. The Labute approximate surface area is 106 Å². The number of para-hydroxylation sites is 2. The van der Waals surface area contributed by atoms with Crippen molar-refractivity contribution < 1.29 is 0 Å². The van der Waals surface area contributed by atoms with Gasteiger partial charge in [0, 0.05) is 21.7 Å². The smallest absolute Gasteiger partial charge is 0.0532 e. The number of hydrogen-bond donors (Lipinski definition) is 2. The molecular weight excluding hydrogens is 228 g/mol. The summed E-state index contributed by atoms with van der Waals surface area (Å²) in [5.41, 5.74) is 15.8. The van der Waals surface area contributed by atoms with Gasteiger partial charge in [-0.15, -0.1) is 11.8 Å². The highest BCUT2D eigenvalue weighted by Gasteiger charge is 2.08. The summed E-state index contributed by atoms with van der Waals surface area (Å²) in [5, 5.41) is 0. The highest BCUT2D eigenvalue weighted by atomic mass is 32.2. The molecule has 0 bridgehead atoms. The van der Waals surface area contributed by atoms with E-state index in [1.54, 1.807) is 11.8 Å². The minimum absolute atomic E-state index is 0.762. The lowest BCUT2D eigenvalue weighted by molar-refractivity contribution is 1.42. The maximum Gasteiger partial charge on any atom is 0.0532 e. The number of benzene rings is 2. The van der Waals surface area contributed by atoms with Crippen molar-refractivity contribution in [1.82, 2.24) is 0 Å². The first-order chi connectivity index (χ1) is 8.24. The van der Waals surface area contributed by atoms with Crippen LogP contribution in [0.3, 0.4) is 0 Å². The molecule has 3 heteroatoms. The van der Waals surface area contributed by atoms with Crippen molar-refractivity contribution >= 4 is 23.1 Å². The number of nitrogens with two attached hydrogens (primary N) is 2. The van der Waals surface area contributed by atoms with Gasteiger partial charge in [-0.2, -0.15) is 0 Å². The standard InChI is InChI=1S/C14H16N2S/c1-2-17-13-9-5-7-11(14(13)16)10-6-3-4-8-12(10)15/h3-9H,2,15-16H2,1H3. The fraction of sp³-hybridized carbons (Fsp3) is 0.143.